The zero-order valence-electron chi connectivity index (χ0n) is 7.06. The van der Waals surface area contributed by atoms with Crippen LogP contribution >= 0.6 is 0 Å². The van der Waals surface area contributed by atoms with E-state index in [1.54, 1.807) is 25.3 Å². The van der Waals surface area contributed by atoms with Crippen molar-refractivity contribution >= 4 is 17.0 Å². The van der Waals surface area contributed by atoms with Crippen molar-refractivity contribution < 1.29 is 4.74 Å². The molecule has 1 heterocycles. The van der Waals surface area contributed by atoms with E-state index in [4.69, 9.17) is 10.5 Å². The molecule has 0 saturated carbocycles. The van der Waals surface area contributed by atoms with Crippen LogP contribution in [0.25, 0.3) is 11.0 Å². The Morgan fingerprint density at radius 1 is 1.23 bits per heavy atom. The van der Waals surface area contributed by atoms with Crippen LogP contribution in [-0.4, -0.2) is 22.3 Å². The highest BCUT2D eigenvalue weighted by Crippen LogP contribution is 2.16. The molecule has 5 nitrogen and oxygen atoms in total. The van der Waals surface area contributed by atoms with Crippen LogP contribution in [0, 0.1) is 0 Å². The maximum atomic E-state index is 5.39. The SMILES string of the molecule is COc1ccc2nnc(N)nc2c1. The summed E-state index contributed by atoms with van der Waals surface area (Å²) in [6.45, 7) is 0. The molecular formula is C8H8N4O. The number of nitrogens with zero attached hydrogens (tertiary/aromatic N) is 3. The van der Waals surface area contributed by atoms with E-state index in [1.807, 2.05) is 0 Å². The van der Waals surface area contributed by atoms with Gasteiger partial charge in [-0.05, 0) is 12.1 Å². The second-order valence-corrected chi connectivity index (χ2v) is 2.52. The summed E-state index contributed by atoms with van der Waals surface area (Å²) in [5, 5.41) is 7.50. The summed E-state index contributed by atoms with van der Waals surface area (Å²) < 4.78 is 5.03. The number of nitrogen functional groups attached to an aromatic ring is 1. The Morgan fingerprint density at radius 2 is 2.08 bits per heavy atom. The number of methoxy groups -OCH3 is 1. The number of anilines is 1. The predicted octanol–water partition coefficient (Wildman–Crippen LogP) is 0.616. The molecule has 0 atom stereocenters. The molecule has 1 aromatic heterocycles. The molecule has 0 aliphatic rings. The van der Waals surface area contributed by atoms with Crippen LogP contribution in [0.3, 0.4) is 0 Å². The third-order valence-electron chi connectivity index (χ3n) is 1.68. The van der Waals surface area contributed by atoms with Gasteiger partial charge in [0.25, 0.3) is 0 Å². The van der Waals surface area contributed by atoms with Gasteiger partial charge >= 0.3 is 0 Å². The molecule has 0 spiro atoms. The fourth-order valence-corrected chi connectivity index (χ4v) is 1.06. The fraction of sp³-hybridized carbons (Fsp3) is 0.125. The van der Waals surface area contributed by atoms with Crippen molar-refractivity contribution in [2.24, 2.45) is 0 Å². The number of benzene rings is 1. The van der Waals surface area contributed by atoms with Crippen LogP contribution in [0.1, 0.15) is 0 Å². The first-order valence-corrected chi connectivity index (χ1v) is 3.73. The normalized spacial score (nSPS) is 10.2. The summed E-state index contributed by atoms with van der Waals surface area (Å²) in [7, 11) is 1.60. The highest BCUT2D eigenvalue weighted by atomic mass is 16.5. The molecule has 1 aromatic carbocycles. The number of rotatable bonds is 1. The molecule has 66 valence electrons. The van der Waals surface area contributed by atoms with Crippen LogP contribution in [0.5, 0.6) is 5.75 Å². The third kappa shape index (κ3) is 1.35. The molecule has 0 amide bonds. The highest BCUT2D eigenvalue weighted by molar-refractivity contribution is 5.75. The summed E-state index contributed by atoms with van der Waals surface area (Å²) >= 11 is 0. The van der Waals surface area contributed by atoms with E-state index < -0.39 is 0 Å². The average molecular weight is 176 g/mol. The third-order valence-corrected chi connectivity index (χ3v) is 1.68. The van der Waals surface area contributed by atoms with Gasteiger partial charge in [-0.25, -0.2) is 4.98 Å². The zero-order chi connectivity index (χ0) is 9.26. The molecule has 0 bridgehead atoms. The minimum Gasteiger partial charge on any atom is -0.497 e. The monoisotopic (exact) mass is 176 g/mol. The van der Waals surface area contributed by atoms with E-state index in [0.717, 1.165) is 5.75 Å². The van der Waals surface area contributed by atoms with Crippen molar-refractivity contribution in [3.63, 3.8) is 0 Å². The number of fused-ring (bicyclic) bond motifs is 1. The van der Waals surface area contributed by atoms with Gasteiger partial charge < -0.3 is 10.5 Å². The second kappa shape index (κ2) is 2.85. The Labute approximate surface area is 74.6 Å². The van der Waals surface area contributed by atoms with Gasteiger partial charge in [0.1, 0.15) is 11.3 Å². The molecule has 2 rings (SSSR count). The van der Waals surface area contributed by atoms with E-state index in [9.17, 15) is 0 Å². The number of nitrogens with two attached hydrogens (primary N) is 1. The van der Waals surface area contributed by atoms with Gasteiger partial charge in [0.2, 0.25) is 5.95 Å². The number of hydrogen-bond acceptors (Lipinski definition) is 5. The number of hydrogen-bond donors (Lipinski definition) is 1. The topological polar surface area (TPSA) is 73.9 Å². The molecular weight excluding hydrogens is 168 g/mol. The summed E-state index contributed by atoms with van der Waals surface area (Å²) in [6.07, 6.45) is 0. The standard InChI is InChI=1S/C8H8N4O/c1-13-5-2-3-6-7(4-5)10-8(9)12-11-6/h2-4H,1H3,(H2,9,10,12). The van der Waals surface area contributed by atoms with E-state index >= 15 is 0 Å². The largest absolute Gasteiger partial charge is 0.497 e. The molecule has 0 fully saturated rings. The van der Waals surface area contributed by atoms with Crippen molar-refractivity contribution in [1.82, 2.24) is 15.2 Å². The lowest BCUT2D eigenvalue weighted by atomic mass is 10.3. The van der Waals surface area contributed by atoms with E-state index in [1.165, 1.54) is 0 Å². The van der Waals surface area contributed by atoms with Gasteiger partial charge in [0.15, 0.2) is 0 Å². The first-order chi connectivity index (χ1) is 6.29. The van der Waals surface area contributed by atoms with E-state index in [-0.39, 0.29) is 5.95 Å². The summed E-state index contributed by atoms with van der Waals surface area (Å²) in [5.74, 6) is 0.896. The minimum absolute atomic E-state index is 0.167. The molecule has 0 saturated heterocycles. The lowest BCUT2D eigenvalue weighted by molar-refractivity contribution is 0.415. The number of aromatic nitrogens is 3. The molecule has 13 heavy (non-hydrogen) atoms. The fourth-order valence-electron chi connectivity index (χ4n) is 1.06. The maximum Gasteiger partial charge on any atom is 0.240 e. The van der Waals surface area contributed by atoms with Gasteiger partial charge in [-0.1, -0.05) is 0 Å². The zero-order valence-corrected chi connectivity index (χ0v) is 7.06. The van der Waals surface area contributed by atoms with E-state index in [2.05, 4.69) is 15.2 Å². The molecule has 2 N–H and O–H groups in total. The first kappa shape index (κ1) is 7.72. The van der Waals surface area contributed by atoms with Crippen LogP contribution in [0.15, 0.2) is 18.2 Å². The lowest BCUT2D eigenvalue weighted by Crippen LogP contribution is -1.97. The number of ether oxygens (including phenoxy) is 1. The van der Waals surface area contributed by atoms with Gasteiger partial charge in [-0.2, -0.15) is 0 Å². The summed E-state index contributed by atoms with van der Waals surface area (Å²) in [6, 6.07) is 5.35. The van der Waals surface area contributed by atoms with Crippen LogP contribution in [-0.2, 0) is 0 Å². The van der Waals surface area contributed by atoms with Crippen molar-refractivity contribution in [2.75, 3.05) is 12.8 Å². The Kier molecular flexibility index (Phi) is 1.70. The smallest absolute Gasteiger partial charge is 0.240 e. The molecule has 2 aromatic rings. The maximum absolute atomic E-state index is 5.39. The summed E-state index contributed by atoms with van der Waals surface area (Å²) in [5.41, 5.74) is 6.78. The molecule has 0 aliphatic carbocycles. The highest BCUT2D eigenvalue weighted by Gasteiger charge is 1.99. The van der Waals surface area contributed by atoms with Gasteiger partial charge in [-0.15, -0.1) is 10.2 Å². The predicted molar refractivity (Wildman–Crippen MR) is 48.3 cm³/mol. The molecule has 5 heteroatoms. The van der Waals surface area contributed by atoms with Crippen LogP contribution in [0.2, 0.25) is 0 Å². The van der Waals surface area contributed by atoms with Gasteiger partial charge in [-0.3, -0.25) is 0 Å². The van der Waals surface area contributed by atoms with Gasteiger partial charge in [0, 0.05) is 6.07 Å². The van der Waals surface area contributed by atoms with Gasteiger partial charge in [0.05, 0.1) is 12.6 Å². The van der Waals surface area contributed by atoms with Crippen molar-refractivity contribution in [3.05, 3.63) is 18.2 Å². The van der Waals surface area contributed by atoms with Crippen molar-refractivity contribution in [1.29, 1.82) is 0 Å². The van der Waals surface area contributed by atoms with Crippen molar-refractivity contribution in [3.8, 4) is 5.75 Å². The first-order valence-electron chi connectivity index (χ1n) is 3.73. The molecule has 0 unspecified atom stereocenters. The Hall–Kier alpha value is -1.91. The average Bonchev–Trinajstić information content (AvgIpc) is 2.16. The molecule has 0 radical (unpaired) electrons. The van der Waals surface area contributed by atoms with Crippen molar-refractivity contribution in [2.45, 2.75) is 0 Å². The van der Waals surface area contributed by atoms with Crippen LogP contribution in [0.4, 0.5) is 5.95 Å². The summed E-state index contributed by atoms with van der Waals surface area (Å²) in [4.78, 5) is 4.01. The Morgan fingerprint density at radius 3 is 2.85 bits per heavy atom. The minimum atomic E-state index is 0.167. The molecule has 0 aliphatic heterocycles. The van der Waals surface area contributed by atoms with E-state index in [0.29, 0.717) is 11.0 Å². The lowest BCUT2D eigenvalue weighted by Gasteiger charge is -2.00. The Balaban J connectivity index is 2.68. The Bertz CT molecular complexity index is 443. The van der Waals surface area contributed by atoms with Crippen LogP contribution < -0.4 is 10.5 Å². The second-order valence-electron chi connectivity index (χ2n) is 2.52. The quantitative estimate of drug-likeness (QED) is 0.689.